The lowest BCUT2D eigenvalue weighted by Gasteiger charge is -2.28. The van der Waals surface area contributed by atoms with Crippen molar-refractivity contribution in [1.29, 1.82) is 10.5 Å². The van der Waals surface area contributed by atoms with Crippen LogP contribution in [0.4, 0.5) is 4.79 Å². The van der Waals surface area contributed by atoms with E-state index in [-0.39, 0.29) is 6.61 Å². The molecule has 0 radical (unpaired) electrons. The van der Waals surface area contributed by atoms with Gasteiger partial charge in [0.05, 0.1) is 17.4 Å². The van der Waals surface area contributed by atoms with Gasteiger partial charge < -0.3 is 15.2 Å². The van der Waals surface area contributed by atoms with Gasteiger partial charge in [-0.3, -0.25) is 4.40 Å². The van der Waals surface area contributed by atoms with Gasteiger partial charge in [0.1, 0.15) is 41.4 Å². The van der Waals surface area contributed by atoms with E-state index in [9.17, 15) is 20.4 Å². The van der Waals surface area contributed by atoms with Gasteiger partial charge in [-0.2, -0.15) is 22.3 Å². The first-order valence-corrected chi connectivity index (χ1v) is 12.1. The average molecular weight is 466 g/mol. The van der Waals surface area contributed by atoms with E-state index in [1.807, 2.05) is 18.4 Å². The molecule has 2 N–H and O–H groups in total. The standard InChI is InChI=1S/C22H19N5O3S2/c1-31-19-8-14(17-11-25-20-4-2-3-15(9-23)27(17)20)7-18(16(19)10-24)30-12-22(26-21(28)29)5-6-32-13-22/h2-4,7-8,11,26H,5-6,12-13H2,1H3,(H,28,29)/t22-/m0/s1. The van der Waals surface area contributed by atoms with Gasteiger partial charge >= 0.3 is 6.09 Å². The number of amides is 1. The van der Waals surface area contributed by atoms with Crippen LogP contribution >= 0.6 is 23.5 Å². The van der Waals surface area contributed by atoms with Crippen LogP contribution in [0.25, 0.3) is 16.9 Å². The number of nitrogens with zero attached hydrogens (tertiary/aromatic N) is 4. The molecule has 0 unspecified atom stereocenters. The van der Waals surface area contributed by atoms with Crippen LogP contribution in [0.3, 0.4) is 0 Å². The number of thioether (sulfide) groups is 2. The number of hydrogen-bond donors (Lipinski definition) is 2. The largest absolute Gasteiger partial charge is 0.490 e. The van der Waals surface area contributed by atoms with Gasteiger partial charge in [0.15, 0.2) is 0 Å². The summed E-state index contributed by atoms with van der Waals surface area (Å²) >= 11 is 3.08. The Bertz CT molecular complexity index is 1270. The van der Waals surface area contributed by atoms with Crippen LogP contribution in [0.1, 0.15) is 17.7 Å². The molecule has 1 aromatic carbocycles. The fourth-order valence-corrected chi connectivity index (χ4v) is 5.71. The van der Waals surface area contributed by atoms with Crippen LogP contribution in [0, 0.1) is 22.7 Å². The molecular weight excluding hydrogens is 446 g/mol. The third-order valence-electron chi connectivity index (χ3n) is 5.32. The normalized spacial score (nSPS) is 17.6. The first-order valence-electron chi connectivity index (χ1n) is 9.71. The zero-order chi connectivity index (χ0) is 22.7. The molecule has 1 atom stereocenters. The fraction of sp³-hybridized carbons (Fsp3) is 0.273. The molecule has 2 aromatic heterocycles. The van der Waals surface area contributed by atoms with E-state index >= 15 is 0 Å². The minimum Gasteiger partial charge on any atom is -0.490 e. The van der Waals surface area contributed by atoms with Gasteiger partial charge in [0.2, 0.25) is 0 Å². The molecule has 0 saturated carbocycles. The van der Waals surface area contributed by atoms with Gasteiger partial charge in [0, 0.05) is 16.2 Å². The summed E-state index contributed by atoms with van der Waals surface area (Å²) in [6.07, 6.45) is 3.12. The lowest BCUT2D eigenvalue weighted by molar-refractivity contribution is 0.157. The minimum atomic E-state index is -1.09. The Morgan fingerprint density at radius 1 is 1.41 bits per heavy atom. The monoisotopic (exact) mass is 465 g/mol. The third kappa shape index (κ3) is 4.07. The second kappa shape index (κ2) is 9.03. The number of benzene rings is 1. The molecule has 3 heterocycles. The summed E-state index contributed by atoms with van der Waals surface area (Å²) in [5.41, 5.74) is 2.24. The summed E-state index contributed by atoms with van der Waals surface area (Å²) in [6, 6.07) is 13.3. The number of carboxylic acid groups (broad SMARTS) is 1. The van der Waals surface area contributed by atoms with E-state index in [4.69, 9.17) is 4.74 Å². The van der Waals surface area contributed by atoms with Crippen molar-refractivity contribution in [1.82, 2.24) is 14.7 Å². The summed E-state index contributed by atoms with van der Waals surface area (Å²) in [5.74, 6) is 1.82. The number of imidazole rings is 1. The molecule has 8 nitrogen and oxygen atoms in total. The maximum absolute atomic E-state index is 11.3. The van der Waals surface area contributed by atoms with E-state index in [1.165, 1.54) is 11.8 Å². The molecule has 1 amide bonds. The summed E-state index contributed by atoms with van der Waals surface area (Å²) < 4.78 is 7.86. The molecule has 162 valence electrons. The highest BCUT2D eigenvalue weighted by atomic mass is 32.2. The van der Waals surface area contributed by atoms with Crippen molar-refractivity contribution in [3.8, 4) is 29.1 Å². The van der Waals surface area contributed by atoms with Crippen LogP contribution < -0.4 is 10.1 Å². The molecule has 1 aliphatic heterocycles. The van der Waals surface area contributed by atoms with Gasteiger partial charge in [0.25, 0.3) is 0 Å². The lowest BCUT2D eigenvalue weighted by Crippen LogP contribution is -2.52. The third-order valence-corrected chi connectivity index (χ3v) is 7.33. The molecule has 0 bridgehead atoms. The number of rotatable bonds is 6. The van der Waals surface area contributed by atoms with E-state index in [0.717, 1.165) is 16.2 Å². The highest BCUT2D eigenvalue weighted by Gasteiger charge is 2.37. The molecule has 1 aliphatic rings. The van der Waals surface area contributed by atoms with Crippen LogP contribution in [0.5, 0.6) is 5.75 Å². The van der Waals surface area contributed by atoms with Crippen molar-refractivity contribution < 1.29 is 14.6 Å². The van der Waals surface area contributed by atoms with Crippen molar-refractivity contribution in [2.24, 2.45) is 0 Å². The Hall–Kier alpha value is -3.34. The Morgan fingerprint density at radius 2 is 2.25 bits per heavy atom. The number of pyridine rings is 1. The summed E-state index contributed by atoms with van der Waals surface area (Å²) in [6.45, 7) is 0.120. The molecule has 1 fully saturated rings. The van der Waals surface area contributed by atoms with Crippen molar-refractivity contribution in [3.63, 3.8) is 0 Å². The smallest absolute Gasteiger partial charge is 0.405 e. The van der Waals surface area contributed by atoms with Gasteiger partial charge in [-0.25, -0.2) is 9.78 Å². The number of nitriles is 2. The Labute approximate surface area is 193 Å². The number of hydrogen-bond acceptors (Lipinski definition) is 7. The predicted octanol–water partition coefficient (Wildman–Crippen LogP) is 3.99. The van der Waals surface area contributed by atoms with Gasteiger partial charge in [-0.15, -0.1) is 11.8 Å². The van der Waals surface area contributed by atoms with Crippen molar-refractivity contribution >= 4 is 35.3 Å². The maximum Gasteiger partial charge on any atom is 0.405 e. The first-order chi connectivity index (χ1) is 15.5. The fourth-order valence-electron chi connectivity index (χ4n) is 3.75. The quantitative estimate of drug-likeness (QED) is 0.524. The zero-order valence-electron chi connectivity index (χ0n) is 17.2. The van der Waals surface area contributed by atoms with E-state index in [2.05, 4.69) is 22.4 Å². The predicted molar refractivity (Wildman–Crippen MR) is 123 cm³/mol. The highest BCUT2D eigenvalue weighted by Crippen LogP contribution is 2.36. The maximum atomic E-state index is 11.3. The summed E-state index contributed by atoms with van der Waals surface area (Å²) in [4.78, 5) is 16.5. The van der Waals surface area contributed by atoms with Crippen LogP contribution in [0.15, 0.2) is 41.4 Å². The van der Waals surface area contributed by atoms with Crippen LogP contribution in [0.2, 0.25) is 0 Å². The zero-order valence-corrected chi connectivity index (χ0v) is 18.8. The van der Waals surface area contributed by atoms with E-state index in [0.29, 0.717) is 40.5 Å². The van der Waals surface area contributed by atoms with Crippen molar-refractivity contribution in [2.45, 2.75) is 16.9 Å². The SMILES string of the molecule is CSc1cc(-c2cnc3cccc(C#N)n23)cc(OC[C@@]2(NC(=O)O)CCSC2)c1C#N. The molecule has 0 spiro atoms. The Balaban J connectivity index is 1.78. The number of ether oxygens (including phenoxy) is 1. The van der Waals surface area contributed by atoms with Gasteiger partial charge in [-0.1, -0.05) is 6.07 Å². The van der Waals surface area contributed by atoms with Crippen molar-refractivity contribution in [3.05, 3.63) is 47.8 Å². The Kier molecular flexibility index (Phi) is 6.17. The van der Waals surface area contributed by atoms with E-state index in [1.54, 1.807) is 40.6 Å². The average Bonchev–Trinajstić information content (AvgIpc) is 3.44. The molecular formula is C22H19N5O3S2. The van der Waals surface area contributed by atoms with Crippen LogP contribution in [-0.2, 0) is 0 Å². The number of aromatic nitrogens is 2. The summed E-state index contributed by atoms with van der Waals surface area (Å²) in [5, 5.41) is 31.2. The van der Waals surface area contributed by atoms with Crippen molar-refractivity contribution in [2.75, 3.05) is 24.4 Å². The number of fused-ring (bicyclic) bond motifs is 1. The lowest BCUT2D eigenvalue weighted by atomic mass is 10.0. The minimum absolute atomic E-state index is 0.120. The second-order valence-corrected chi connectivity index (χ2v) is 9.28. The topological polar surface area (TPSA) is 123 Å². The second-order valence-electron chi connectivity index (χ2n) is 7.33. The van der Waals surface area contributed by atoms with E-state index < -0.39 is 11.6 Å². The van der Waals surface area contributed by atoms with Crippen LogP contribution in [-0.4, -0.2) is 50.5 Å². The molecule has 0 aliphatic carbocycles. The molecule has 4 rings (SSSR count). The molecule has 32 heavy (non-hydrogen) atoms. The molecule has 3 aromatic rings. The molecule has 1 saturated heterocycles. The Morgan fingerprint density at radius 3 is 2.91 bits per heavy atom. The molecule has 10 heteroatoms. The highest BCUT2D eigenvalue weighted by molar-refractivity contribution is 7.99. The number of nitrogens with one attached hydrogen (secondary N) is 1. The first kappa shape index (κ1) is 21.9. The summed E-state index contributed by atoms with van der Waals surface area (Å²) in [7, 11) is 0. The number of carbonyl (C=O) groups is 1. The van der Waals surface area contributed by atoms with Gasteiger partial charge in [-0.05, 0) is 42.7 Å².